The van der Waals surface area contributed by atoms with Crippen molar-refractivity contribution in [3.8, 4) is 0 Å². The fourth-order valence-corrected chi connectivity index (χ4v) is 3.29. The number of aliphatic hydroxyl groups excluding tert-OH is 1. The molecule has 1 fully saturated rings. The van der Waals surface area contributed by atoms with Gasteiger partial charge in [0.15, 0.2) is 0 Å². The standard InChI is InChI=1S/C15H22BrNO/c1-11-4-3-9-15(10-18,12(11)2)17-14-7-5-13(16)6-8-14/h5-8,11-12,17-18H,3-4,9-10H2,1-2H3. The molecule has 3 unspecified atom stereocenters. The minimum Gasteiger partial charge on any atom is -0.394 e. The molecule has 1 aliphatic carbocycles. The summed E-state index contributed by atoms with van der Waals surface area (Å²) in [5.74, 6) is 1.15. The zero-order valence-corrected chi connectivity index (χ0v) is 12.7. The molecular formula is C15H22BrNO. The van der Waals surface area contributed by atoms with E-state index < -0.39 is 0 Å². The number of anilines is 1. The Morgan fingerprint density at radius 2 is 2.00 bits per heavy atom. The summed E-state index contributed by atoms with van der Waals surface area (Å²) >= 11 is 3.45. The molecular weight excluding hydrogens is 290 g/mol. The first-order chi connectivity index (χ1) is 8.57. The van der Waals surface area contributed by atoms with Gasteiger partial charge in [0.25, 0.3) is 0 Å². The molecule has 0 aromatic heterocycles. The summed E-state index contributed by atoms with van der Waals surface area (Å²) < 4.78 is 1.08. The number of aliphatic hydroxyl groups is 1. The van der Waals surface area contributed by atoms with Gasteiger partial charge in [-0.25, -0.2) is 0 Å². The van der Waals surface area contributed by atoms with Gasteiger partial charge in [0.1, 0.15) is 0 Å². The molecule has 100 valence electrons. The van der Waals surface area contributed by atoms with E-state index in [2.05, 4.69) is 47.2 Å². The zero-order chi connectivity index (χ0) is 13.2. The molecule has 0 heterocycles. The maximum absolute atomic E-state index is 9.87. The van der Waals surface area contributed by atoms with E-state index in [1.54, 1.807) is 0 Å². The Kier molecular flexibility index (Phi) is 4.33. The van der Waals surface area contributed by atoms with Crippen LogP contribution in [0, 0.1) is 11.8 Å². The topological polar surface area (TPSA) is 32.3 Å². The third kappa shape index (κ3) is 2.72. The molecule has 1 aromatic rings. The number of hydrogen-bond donors (Lipinski definition) is 2. The Balaban J connectivity index is 2.19. The van der Waals surface area contributed by atoms with Crippen LogP contribution in [-0.4, -0.2) is 17.3 Å². The lowest BCUT2D eigenvalue weighted by atomic mass is 9.68. The summed E-state index contributed by atoms with van der Waals surface area (Å²) in [7, 11) is 0. The van der Waals surface area contributed by atoms with Gasteiger partial charge >= 0.3 is 0 Å². The van der Waals surface area contributed by atoms with Gasteiger partial charge in [-0.3, -0.25) is 0 Å². The minimum absolute atomic E-state index is 0.161. The average molecular weight is 312 g/mol. The summed E-state index contributed by atoms with van der Waals surface area (Å²) in [6.07, 6.45) is 3.51. The second-order valence-corrected chi connectivity index (χ2v) is 6.52. The summed E-state index contributed by atoms with van der Waals surface area (Å²) in [5, 5.41) is 13.5. The second-order valence-electron chi connectivity index (χ2n) is 5.60. The highest BCUT2D eigenvalue weighted by atomic mass is 79.9. The van der Waals surface area contributed by atoms with Crippen molar-refractivity contribution in [1.29, 1.82) is 0 Å². The summed E-state index contributed by atoms with van der Waals surface area (Å²) in [6, 6.07) is 8.19. The molecule has 1 aliphatic rings. The van der Waals surface area contributed by atoms with E-state index in [-0.39, 0.29) is 12.1 Å². The molecule has 1 aromatic carbocycles. The summed E-state index contributed by atoms with van der Waals surface area (Å²) in [4.78, 5) is 0. The normalized spacial score (nSPS) is 32.2. The molecule has 3 atom stereocenters. The van der Waals surface area contributed by atoms with Crippen LogP contribution in [0.3, 0.4) is 0 Å². The number of benzene rings is 1. The Morgan fingerprint density at radius 1 is 1.33 bits per heavy atom. The molecule has 18 heavy (non-hydrogen) atoms. The lowest BCUT2D eigenvalue weighted by Crippen LogP contribution is -2.52. The lowest BCUT2D eigenvalue weighted by Gasteiger charge is -2.46. The van der Waals surface area contributed by atoms with E-state index in [9.17, 15) is 5.11 Å². The summed E-state index contributed by atoms with van der Waals surface area (Å²) in [5.41, 5.74) is 0.930. The van der Waals surface area contributed by atoms with Gasteiger partial charge in [0.2, 0.25) is 0 Å². The van der Waals surface area contributed by atoms with Gasteiger partial charge < -0.3 is 10.4 Å². The van der Waals surface area contributed by atoms with Crippen molar-refractivity contribution < 1.29 is 5.11 Å². The van der Waals surface area contributed by atoms with Crippen molar-refractivity contribution in [2.45, 2.75) is 38.6 Å². The first-order valence-electron chi connectivity index (χ1n) is 6.72. The number of hydrogen-bond acceptors (Lipinski definition) is 2. The fourth-order valence-electron chi connectivity index (χ4n) is 3.02. The highest BCUT2D eigenvalue weighted by Gasteiger charge is 2.40. The van der Waals surface area contributed by atoms with Crippen LogP contribution < -0.4 is 5.32 Å². The zero-order valence-electron chi connectivity index (χ0n) is 11.1. The molecule has 0 saturated heterocycles. The number of rotatable bonds is 3. The number of nitrogens with one attached hydrogen (secondary N) is 1. The van der Waals surface area contributed by atoms with E-state index in [0.29, 0.717) is 11.8 Å². The SMILES string of the molecule is CC1CCCC(CO)(Nc2ccc(Br)cc2)C1C. The van der Waals surface area contributed by atoms with Crippen molar-refractivity contribution in [2.75, 3.05) is 11.9 Å². The lowest BCUT2D eigenvalue weighted by molar-refractivity contribution is 0.0925. The maximum atomic E-state index is 9.87. The van der Waals surface area contributed by atoms with Gasteiger partial charge in [0, 0.05) is 10.2 Å². The van der Waals surface area contributed by atoms with Crippen molar-refractivity contribution in [3.05, 3.63) is 28.7 Å². The van der Waals surface area contributed by atoms with Crippen molar-refractivity contribution in [3.63, 3.8) is 0 Å². The van der Waals surface area contributed by atoms with E-state index in [0.717, 1.165) is 16.6 Å². The largest absolute Gasteiger partial charge is 0.394 e. The average Bonchev–Trinajstić information content (AvgIpc) is 2.38. The Bertz CT molecular complexity index is 392. The van der Waals surface area contributed by atoms with E-state index >= 15 is 0 Å². The van der Waals surface area contributed by atoms with Crippen LogP contribution in [-0.2, 0) is 0 Å². The highest BCUT2D eigenvalue weighted by Crippen LogP contribution is 2.39. The van der Waals surface area contributed by atoms with Gasteiger partial charge in [-0.2, -0.15) is 0 Å². The fraction of sp³-hybridized carbons (Fsp3) is 0.600. The second kappa shape index (κ2) is 5.62. The third-order valence-corrected chi connectivity index (χ3v) is 5.06. The molecule has 0 aliphatic heterocycles. The van der Waals surface area contributed by atoms with Crippen molar-refractivity contribution >= 4 is 21.6 Å². The highest BCUT2D eigenvalue weighted by molar-refractivity contribution is 9.10. The van der Waals surface area contributed by atoms with Crippen molar-refractivity contribution in [2.24, 2.45) is 11.8 Å². The van der Waals surface area contributed by atoms with Crippen LogP contribution in [0.5, 0.6) is 0 Å². The third-order valence-electron chi connectivity index (χ3n) is 4.53. The number of halogens is 1. The van der Waals surface area contributed by atoms with Crippen LogP contribution in [0.4, 0.5) is 5.69 Å². The minimum atomic E-state index is -0.161. The molecule has 0 amide bonds. The Hall–Kier alpha value is -0.540. The predicted molar refractivity (Wildman–Crippen MR) is 79.8 cm³/mol. The van der Waals surface area contributed by atoms with Gasteiger partial charge in [-0.05, 0) is 42.5 Å². The Labute approximate surface area is 118 Å². The van der Waals surface area contributed by atoms with Crippen molar-refractivity contribution in [1.82, 2.24) is 0 Å². The van der Waals surface area contributed by atoms with Crippen LogP contribution >= 0.6 is 15.9 Å². The molecule has 0 spiro atoms. The van der Waals surface area contributed by atoms with Gasteiger partial charge in [0.05, 0.1) is 12.1 Å². The Morgan fingerprint density at radius 3 is 2.61 bits per heavy atom. The van der Waals surface area contributed by atoms with E-state index in [1.807, 2.05) is 12.1 Å². The molecule has 2 nitrogen and oxygen atoms in total. The van der Waals surface area contributed by atoms with Crippen LogP contribution in [0.2, 0.25) is 0 Å². The smallest absolute Gasteiger partial charge is 0.0664 e. The maximum Gasteiger partial charge on any atom is 0.0664 e. The molecule has 2 rings (SSSR count). The van der Waals surface area contributed by atoms with Crippen LogP contribution in [0.1, 0.15) is 33.1 Å². The van der Waals surface area contributed by atoms with Gasteiger partial charge in [-0.1, -0.05) is 42.6 Å². The quantitative estimate of drug-likeness (QED) is 0.882. The molecule has 2 N–H and O–H groups in total. The molecule has 3 heteroatoms. The molecule has 0 radical (unpaired) electrons. The predicted octanol–water partition coefficient (Wildman–Crippen LogP) is 4.05. The van der Waals surface area contributed by atoms with Gasteiger partial charge in [-0.15, -0.1) is 0 Å². The van der Waals surface area contributed by atoms with E-state index in [1.165, 1.54) is 12.8 Å². The molecule has 0 bridgehead atoms. The first kappa shape index (κ1) is 13.9. The van der Waals surface area contributed by atoms with Crippen LogP contribution in [0.25, 0.3) is 0 Å². The molecule has 1 saturated carbocycles. The van der Waals surface area contributed by atoms with E-state index in [4.69, 9.17) is 0 Å². The monoisotopic (exact) mass is 311 g/mol. The summed E-state index contributed by atoms with van der Waals surface area (Å²) in [6.45, 7) is 4.75. The van der Waals surface area contributed by atoms with Crippen LogP contribution in [0.15, 0.2) is 28.7 Å². The first-order valence-corrected chi connectivity index (χ1v) is 7.51.